The fourth-order valence-corrected chi connectivity index (χ4v) is 2.35. The zero-order valence-electron chi connectivity index (χ0n) is 11.7. The summed E-state index contributed by atoms with van der Waals surface area (Å²) in [5.41, 5.74) is 0.875. The zero-order valence-corrected chi connectivity index (χ0v) is 13.2. The molecule has 1 rings (SSSR count). The summed E-state index contributed by atoms with van der Waals surface area (Å²) < 4.78 is 11.1. The second-order valence-electron chi connectivity index (χ2n) is 4.49. The van der Waals surface area contributed by atoms with E-state index in [1.807, 2.05) is 6.07 Å². The number of alkyl halides is 1. The summed E-state index contributed by atoms with van der Waals surface area (Å²) in [6.07, 6.45) is 6.05. The van der Waals surface area contributed by atoms with Gasteiger partial charge in [0, 0.05) is 16.7 Å². The molecule has 19 heavy (non-hydrogen) atoms. The highest BCUT2D eigenvalue weighted by atomic mass is 35.5. The monoisotopic (exact) mass is 304 g/mol. The zero-order chi connectivity index (χ0) is 14.1. The number of benzene rings is 1. The first kappa shape index (κ1) is 16.5. The highest BCUT2D eigenvalue weighted by Crippen LogP contribution is 2.35. The van der Waals surface area contributed by atoms with Gasteiger partial charge in [-0.1, -0.05) is 44.2 Å². The van der Waals surface area contributed by atoms with Gasteiger partial charge in [0.2, 0.25) is 0 Å². The molecule has 0 saturated carbocycles. The van der Waals surface area contributed by atoms with Crippen LogP contribution in [0.5, 0.6) is 11.5 Å². The number of rotatable bonds is 9. The van der Waals surface area contributed by atoms with Gasteiger partial charge in [-0.25, -0.2) is 0 Å². The molecule has 0 aliphatic rings. The number of halogens is 2. The van der Waals surface area contributed by atoms with Gasteiger partial charge in [0.05, 0.1) is 19.6 Å². The van der Waals surface area contributed by atoms with Crippen LogP contribution < -0.4 is 9.47 Å². The molecule has 0 saturated heterocycles. The van der Waals surface area contributed by atoms with Gasteiger partial charge in [0.1, 0.15) is 0 Å². The van der Waals surface area contributed by atoms with Gasteiger partial charge < -0.3 is 9.47 Å². The lowest BCUT2D eigenvalue weighted by atomic mass is 10.1. The van der Waals surface area contributed by atoms with Crippen LogP contribution in [0, 0.1) is 0 Å². The Bertz CT molecular complexity index is 355. The molecule has 0 spiro atoms. The molecule has 2 nitrogen and oxygen atoms in total. The molecule has 1 aromatic rings. The topological polar surface area (TPSA) is 18.5 Å². The average molecular weight is 305 g/mol. The Morgan fingerprint density at radius 2 is 1.84 bits per heavy atom. The van der Waals surface area contributed by atoms with Gasteiger partial charge in [-0.3, -0.25) is 0 Å². The Hall–Kier alpha value is -0.600. The quantitative estimate of drug-likeness (QED) is 0.447. The predicted octanol–water partition coefficient (Wildman–Crippen LogP) is 5.44. The molecule has 108 valence electrons. The summed E-state index contributed by atoms with van der Waals surface area (Å²) in [7, 11) is 1.61. The van der Waals surface area contributed by atoms with Crippen LogP contribution in [0.25, 0.3) is 0 Å². The van der Waals surface area contributed by atoms with E-state index in [1.165, 1.54) is 25.7 Å². The Morgan fingerprint density at radius 3 is 2.47 bits per heavy atom. The molecule has 0 aromatic heterocycles. The lowest BCUT2D eigenvalue weighted by molar-refractivity contribution is 0.282. The van der Waals surface area contributed by atoms with E-state index in [2.05, 4.69) is 6.92 Å². The maximum atomic E-state index is 6.00. The highest BCUT2D eigenvalue weighted by molar-refractivity contribution is 6.31. The van der Waals surface area contributed by atoms with Crippen molar-refractivity contribution in [3.8, 4) is 11.5 Å². The lowest BCUT2D eigenvalue weighted by Crippen LogP contribution is -2.02. The van der Waals surface area contributed by atoms with E-state index in [9.17, 15) is 0 Å². The molecule has 0 fully saturated rings. The van der Waals surface area contributed by atoms with Gasteiger partial charge >= 0.3 is 0 Å². The Labute approximate surface area is 126 Å². The molecule has 0 aliphatic carbocycles. The van der Waals surface area contributed by atoms with E-state index < -0.39 is 0 Å². The number of hydrogen-bond acceptors (Lipinski definition) is 2. The SMILES string of the molecule is CCCCCCCOc1c(CCl)cc(Cl)cc1OC. The summed E-state index contributed by atoms with van der Waals surface area (Å²) in [4.78, 5) is 0. The molecule has 0 radical (unpaired) electrons. The largest absolute Gasteiger partial charge is 0.493 e. The normalized spacial score (nSPS) is 10.5. The standard InChI is InChI=1S/C15H22Cl2O2/c1-3-4-5-6-7-8-19-15-12(11-16)9-13(17)10-14(15)18-2/h9-10H,3-8,11H2,1-2H3. The third-order valence-electron chi connectivity index (χ3n) is 2.95. The average Bonchev–Trinajstić information content (AvgIpc) is 2.43. The first-order valence-electron chi connectivity index (χ1n) is 6.78. The van der Waals surface area contributed by atoms with Crippen molar-refractivity contribution in [1.82, 2.24) is 0 Å². The number of methoxy groups -OCH3 is 1. The van der Waals surface area contributed by atoms with Crippen molar-refractivity contribution >= 4 is 23.2 Å². The third kappa shape index (κ3) is 5.50. The maximum Gasteiger partial charge on any atom is 0.165 e. The van der Waals surface area contributed by atoms with Gasteiger partial charge in [0.25, 0.3) is 0 Å². The van der Waals surface area contributed by atoms with Crippen LogP contribution in [-0.2, 0) is 5.88 Å². The third-order valence-corrected chi connectivity index (χ3v) is 3.46. The molecule has 0 aliphatic heterocycles. The Balaban J connectivity index is 2.56. The number of unbranched alkanes of at least 4 members (excludes halogenated alkanes) is 4. The molecule has 0 heterocycles. The van der Waals surface area contributed by atoms with E-state index >= 15 is 0 Å². The molecular weight excluding hydrogens is 283 g/mol. The van der Waals surface area contributed by atoms with Crippen molar-refractivity contribution in [3.63, 3.8) is 0 Å². The van der Waals surface area contributed by atoms with E-state index in [0.717, 1.165) is 17.7 Å². The molecule has 1 aromatic carbocycles. The van der Waals surface area contributed by atoms with Crippen molar-refractivity contribution in [2.45, 2.75) is 44.9 Å². The molecular formula is C15H22Cl2O2. The minimum atomic E-state index is 0.363. The van der Waals surface area contributed by atoms with Crippen LogP contribution in [0.2, 0.25) is 5.02 Å². The lowest BCUT2D eigenvalue weighted by Gasteiger charge is -2.14. The van der Waals surface area contributed by atoms with Gasteiger partial charge in [0.15, 0.2) is 11.5 Å². The van der Waals surface area contributed by atoms with E-state index in [-0.39, 0.29) is 0 Å². The molecule has 0 N–H and O–H groups in total. The van der Waals surface area contributed by atoms with E-state index in [1.54, 1.807) is 13.2 Å². The highest BCUT2D eigenvalue weighted by Gasteiger charge is 2.12. The van der Waals surface area contributed by atoms with Gasteiger partial charge in [-0.05, 0) is 12.5 Å². The van der Waals surface area contributed by atoms with Crippen LogP contribution in [0.3, 0.4) is 0 Å². The maximum absolute atomic E-state index is 6.00. The van der Waals surface area contributed by atoms with Crippen LogP contribution in [-0.4, -0.2) is 13.7 Å². The Kier molecular flexibility index (Phi) is 8.08. The van der Waals surface area contributed by atoms with E-state index in [0.29, 0.717) is 23.3 Å². The van der Waals surface area contributed by atoms with Crippen LogP contribution in [0.4, 0.5) is 0 Å². The predicted molar refractivity (Wildman–Crippen MR) is 81.8 cm³/mol. The molecule has 0 unspecified atom stereocenters. The van der Waals surface area contributed by atoms with Gasteiger partial charge in [-0.15, -0.1) is 11.6 Å². The first-order chi connectivity index (χ1) is 9.22. The molecule has 4 heteroatoms. The number of ether oxygens (including phenoxy) is 2. The molecule has 0 amide bonds. The van der Waals surface area contributed by atoms with Crippen molar-refractivity contribution < 1.29 is 9.47 Å². The minimum absolute atomic E-state index is 0.363. The summed E-state index contributed by atoms with van der Waals surface area (Å²) >= 11 is 11.9. The summed E-state index contributed by atoms with van der Waals surface area (Å²) in [5.74, 6) is 1.73. The van der Waals surface area contributed by atoms with Crippen molar-refractivity contribution in [2.24, 2.45) is 0 Å². The summed E-state index contributed by atoms with van der Waals surface area (Å²) in [6.45, 7) is 2.90. The second-order valence-corrected chi connectivity index (χ2v) is 5.20. The summed E-state index contributed by atoms with van der Waals surface area (Å²) in [5, 5.41) is 0.614. The smallest absolute Gasteiger partial charge is 0.165 e. The minimum Gasteiger partial charge on any atom is -0.493 e. The molecule has 0 bridgehead atoms. The van der Waals surface area contributed by atoms with Crippen LogP contribution in [0.15, 0.2) is 12.1 Å². The van der Waals surface area contributed by atoms with Crippen LogP contribution in [0.1, 0.15) is 44.6 Å². The van der Waals surface area contributed by atoms with Crippen molar-refractivity contribution in [1.29, 1.82) is 0 Å². The fourth-order valence-electron chi connectivity index (χ4n) is 1.92. The number of hydrogen-bond donors (Lipinski definition) is 0. The summed E-state index contributed by atoms with van der Waals surface area (Å²) in [6, 6.07) is 3.58. The Morgan fingerprint density at radius 1 is 1.11 bits per heavy atom. The van der Waals surface area contributed by atoms with Gasteiger partial charge in [-0.2, -0.15) is 0 Å². The van der Waals surface area contributed by atoms with E-state index in [4.69, 9.17) is 32.7 Å². The van der Waals surface area contributed by atoms with Crippen LogP contribution >= 0.6 is 23.2 Å². The first-order valence-corrected chi connectivity index (χ1v) is 7.69. The van der Waals surface area contributed by atoms with Crippen molar-refractivity contribution in [3.05, 3.63) is 22.7 Å². The van der Waals surface area contributed by atoms with Crippen molar-refractivity contribution in [2.75, 3.05) is 13.7 Å². The fraction of sp³-hybridized carbons (Fsp3) is 0.600. The second kappa shape index (κ2) is 9.33. The molecule has 0 atom stereocenters.